The summed E-state index contributed by atoms with van der Waals surface area (Å²) in [4.78, 5) is 8.38. The van der Waals surface area contributed by atoms with Crippen molar-refractivity contribution in [3.8, 4) is 0 Å². The summed E-state index contributed by atoms with van der Waals surface area (Å²) < 4.78 is 0. The quantitative estimate of drug-likeness (QED) is 0.743. The second-order valence-corrected chi connectivity index (χ2v) is 2.88. The number of nitrogens with one attached hydrogen (secondary N) is 1. The number of aromatic nitrogens is 2. The first-order valence-electron chi connectivity index (χ1n) is 4.28. The van der Waals surface area contributed by atoms with E-state index >= 15 is 0 Å². The molecule has 0 bridgehead atoms. The minimum Gasteiger partial charge on any atom is -0.370 e. The normalized spacial score (nSPS) is 9.92. The van der Waals surface area contributed by atoms with Gasteiger partial charge in [-0.05, 0) is 20.3 Å². The predicted molar refractivity (Wildman–Crippen MR) is 50.3 cm³/mol. The number of nitrogens with zero attached hydrogens (tertiary/aromatic N) is 2. The molecule has 0 radical (unpaired) electrons. The molecule has 0 aliphatic heterocycles. The van der Waals surface area contributed by atoms with Crippen LogP contribution in [-0.4, -0.2) is 16.5 Å². The second kappa shape index (κ2) is 4.04. The Morgan fingerprint density at radius 2 is 2.17 bits per heavy atom. The molecule has 1 aromatic heterocycles. The number of anilines is 1. The largest absolute Gasteiger partial charge is 0.370 e. The SMILES string of the molecule is CCCNc1nc(C)ncc1C. The smallest absolute Gasteiger partial charge is 0.132 e. The zero-order valence-electron chi connectivity index (χ0n) is 7.89. The molecule has 12 heavy (non-hydrogen) atoms. The maximum Gasteiger partial charge on any atom is 0.132 e. The molecule has 1 aromatic rings. The lowest BCUT2D eigenvalue weighted by Crippen LogP contribution is -2.05. The maximum absolute atomic E-state index is 4.29. The summed E-state index contributed by atoms with van der Waals surface area (Å²) >= 11 is 0. The van der Waals surface area contributed by atoms with Crippen molar-refractivity contribution < 1.29 is 0 Å². The zero-order valence-corrected chi connectivity index (χ0v) is 7.89. The molecule has 0 aliphatic rings. The average molecular weight is 165 g/mol. The molecule has 0 amide bonds. The van der Waals surface area contributed by atoms with E-state index in [1.807, 2.05) is 20.0 Å². The minimum atomic E-state index is 0.819. The highest BCUT2D eigenvalue weighted by atomic mass is 15.0. The molecule has 1 heterocycles. The Labute approximate surface area is 73.2 Å². The fraction of sp³-hybridized carbons (Fsp3) is 0.556. The van der Waals surface area contributed by atoms with Gasteiger partial charge in [-0.3, -0.25) is 0 Å². The van der Waals surface area contributed by atoms with E-state index in [0.717, 1.165) is 30.2 Å². The van der Waals surface area contributed by atoms with Gasteiger partial charge in [0.15, 0.2) is 0 Å². The van der Waals surface area contributed by atoms with Crippen molar-refractivity contribution in [2.45, 2.75) is 27.2 Å². The maximum atomic E-state index is 4.29. The van der Waals surface area contributed by atoms with E-state index in [1.165, 1.54) is 0 Å². The van der Waals surface area contributed by atoms with Crippen molar-refractivity contribution in [1.29, 1.82) is 0 Å². The number of hydrogen-bond donors (Lipinski definition) is 1. The van der Waals surface area contributed by atoms with Gasteiger partial charge >= 0.3 is 0 Å². The van der Waals surface area contributed by atoms with Crippen LogP contribution in [0.4, 0.5) is 5.82 Å². The average Bonchev–Trinajstić information content (AvgIpc) is 2.07. The number of aryl methyl sites for hydroxylation is 2. The molecule has 0 atom stereocenters. The van der Waals surface area contributed by atoms with Crippen molar-refractivity contribution in [3.05, 3.63) is 17.6 Å². The first-order valence-corrected chi connectivity index (χ1v) is 4.28. The minimum absolute atomic E-state index is 0.819. The Hall–Kier alpha value is -1.12. The molecule has 66 valence electrons. The van der Waals surface area contributed by atoms with Gasteiger partial charge in [0, 0.05) is 18.3 Å². The Morgan fingerprint density at radius 3 is 2.83 bits per heavy atom. The second-order valence-electron chi connectivity index (χ2n) is 2.88. The highest BCUT2D eigenvalue weighted by Gasteiger charge is 1.98. The van der Waals surface area contributed by atoms with Gasteiger partial charge in [-0.15, -0.1) is 0 Å². The summed E-state index contributed by atoms with van der Waals surface area (Å²) in [7, 11) is 0. The highest BCUT2D eigenvalue weighted by Crippen LogP contribution is 2.08. The molecule has 0 spiro atoms. The van der Waals surface area contributed by atoms with Crippen LogP contribution in [-0.2, 0) is 0 Å². The molecule has 0 saturated carbocycles. The third kappa shape index (κ3) is 2.19. The van der Waals surface area contributed by atoms with Crippen molar-refractivity contribution in [2.24, 2.45) is 0 Å². The van der Waals surface area contributed by atoms with Crippen LogP contribution in [0.3, 0.4) is 0 Å². The van der Waals surface area contributed by atoms with Crippen molar-refractivity contribution >= 4 is 5.82 Å². The molecule has 0 fully saturated rings. The molecule has 0 saturated heterocycles. The topological polar surface area (TPSA) is 37.8 Å². The van der Waals surface area contributed by atoms with E-state index in [2.05, 4.69) is 22.2 Å². The molecule has 1 rings (SSSR count). The van der Waals surface area contributed by atoms with Crippen LogP contribution in [0.2, 0.25) is 0 Å². The first kappa shape index (κ1) is 8.97. The fourth-order valence-electron chi connectivity index (χ4n) is 0.953. The first-order chi connectivity index (χ1) is 5.74. The standard InChI is InChI=1S/C9H15N3/c1-4-5-10-9-7(2)6-11-8(3)12-9/h6H,4-5H2,1-3H3,(H,10,11,12). The van der Waals surface area contributed by atoms with Gasteiger partial charge in [0.05, 0.1) is 0 Å². The van der Waals surface area contributed by atoms with Crippen LogP contribution >= 0.6 is 0 Å². The van der Waals surface area contributed by atoms with Gasteiger partial charge in [0.2, 0.25) is 0 Å². The fourth-order valence-corrected chi connectivity index (χ4v) is 0.953. The third-order valence-corrected chi connectivity index (χ3v) is 1.63. The lowest BCUT2D eigenvalue weighted by atomic mass is 10.3. The van der Waals surface area contributed by atoms with Gasteiger partial charge in [0.1, 0.15) is 11.6 Å². The molecule has 3 heteroatoms. The molecule has 3 nitrogen and oxygen atoms in total. The summed E-state index contributed by atoms with van der Waals surface area (Å²) in [6.45, 7) is 7.02. The summed E-state index contributed by atoms with van der Waals surface area (Å²) in [5.41, 5.74) is 1.11. The van der Waals surface area contributed by atoms with Crippen LogP contribution in [0.5, 0.6) is 0 Å². The third-order valence-electron chi connectivity index (χ3n) is 1.63. The summed E-state index contributed by atoms with van der Waals surface area (Å²) in [5.74, 6) is 1.78. The van der Waals surface area contributed by atoms with Crippen LogP contribution in [0.1, 0.15) is 24.7 Å². The lowest BCUT2D eigenvalue weighted by Gasteiger charge is -2.06. The summed E-state index contributed by atoms with van der Waals surface area (Å²) in [5, 5.41) is 3.25. The van der Waals surface area contributed by atoms with Gasteiger partial charge < -0.3 is 5.32 Å². The molecular weight excluding hydrogens is 150 g/mol. The number of rotatable bonds is 3. The Bertz CT molecular complexity index is 258. The van der Waals surface area contributed by atoms with Gasteiger partial charge in [-0.1, -0.05) is 6.92 Å². The van der Waals surface area contributed by atoms with Crippen LogP contribution in [0, 0.1) is 13.8 Å². The summed E-state index contributed by atoms with van der Waals surface area (Å²) in [6, 6.07) is 0. The molecule has 1 N–H and O–H groups in total. The lowest BCUT2D eigenvalue weighted by molar-refractivity contribution is 0.946. The van der Waals surface area contributed by atoms with E-state index in [9.17, 15) is 0 Å². The van der Waals surface area contributed by atoms with Crippen LogP contribution in [0.15, 0.2) is 6.20 Å². The van der Waals surface area contributed by atoms with Gasteiger partial charge in [-0.2, -0.15) is 0 Å². The van der Waals surface area contributed by atoms with Gasteiger partial charge in [-0.25, -0.2) is 9.97 Å². The van der Waals surface area contributed by atoms with E-state index in [0.29, 0.717) is 0 Å². The monoisotopic (exact) mass is 165 g/mol. The van der Waals surface area contributed by atoms with E-state index in [-0.39, 0.29) is 0 Å². The zero-order chi connectivity index (χ0) is 8.97. The molecule has 0 unspecified atom stereocenters. The van der Waals surface area contributed by atoms with Gasteiger partial charge in [0.25, 0.3) is 0 Å². The Morgan fingerprint density at radius 1 is 1.42 bits per heavy atom. The molecular formula is C9H15N3. The predicted octanol–water partition coefficient (Wildman–Crippen LogP) is 1.92. The van der Waals surface area contributed by atoms with Crippen molar-refractivity contribution in [1.82, 2.24) is 9.97 Å². The van der Waals surface area contributed by atoms with Crippen molar-refractivity contribution in [3.63, 3.8) is 0 Å². The van der Waals surface area contributed by atoms with Crippen molar-refractivity contribution in [2.75, 3.05) is 11.9 Å². The van der Waals surface area contributed by atoms with Crippen LogP contribution < -0.4 is 5.32 Å². The van der Waals surface area contributed by atoms with E-state index in [4.69, 9.17) is 0 Å². The highest BCUT2D eigenvalue weighted by molar-refractivity contribution is 5.41. The summed E-state index contributed by atoms with van der Waals surface area (Å²) in [6.07, 6.45) is 2.96. The van der Waals surface area contributed by atoms with E-state index in [1.54, 1.807) is 0 Å². The molecule has 0 aromatic carbocycles. The Kier molecular flexibility index (Phi) is 3.02. The Balaban J connectivity index is 2.75. The van der Waals surface area contributed by atoms with E-state index < -0.39 is 0 Å². The molecule has 0 aliphatic carbocycles. The number of hydrogen-bond acceptors (Lipinski definition) is 3. The van der Waals surface area contributed by atoms with Crippen LogP contribution in [0.25, 0.3) is 0 Å².